The van der Waals surface area contributed by atoms with Crippen molar-refractivity contribution in [3.8, 4) is 22.4 Å². The lowest BCUT2D eigenvalue weighted by atomic mass is 10.0. The van der Waals surface area contributed by atoms with Crippen LogP contribution in [0.5, 0.6) is 0 Å². The van der Waals surface area contributed by atoms with Crippen LogP contribution in [0.15, 0.2) is 66.9 Å². The summed E-state index contributed by atoms with van der Waals surface area (Å²) in [6, 6.07) is 19.7. The van der Waals surface area contributed by atoms with Gasteiger partial charge in [0.15, 0.2) is 0 Å². The van der Waals surface area contributed by atoms with Crippen molar-refractivity contribution in [3.63, 3.8) is 0 Å². The molecule has 0 unspecified atom stereocenters. The third-order valence-electron chi connectivity index (χ3n) is 3.97. The Balaban J connectivity index is 1.94. The van der Waals surface area contributed by atoms with Crippen LogP contribution in [0, 0.1) is 5.82 Å². The number of benzene rings is 2. The molecule has 3 rings (SSSR count). The average molecular weight is 321 g/mol. The van der Waals surface area contributed by atoms with Gasteiger partial charge >= 0.3 is 0 Å². The van der Waals surface area contributed by atoms with Gasteiger partial charge in [-0.05, 0) is 22.4 Å². The number of aromatic nitrogens is 1. The maximum absolute atomic E-state index is 14.4. The molecule has 0 atom stereocenters. The zero-order valence-corrected chi connectivity index (χ0v) is 14.7. The van der Waals surface area contributed by atoms with Gasteiger partial charge in [0.25, 0.3) is 0 Å². The molecule has 116 valence electrons. The molecule has 0 aliphatic carbocycles. The van der Waals surface area contributed by atoms with Crippen molar-refractivity contribution in [2.75, 3.05) is 0 Å². The number of hydrogen-bond acceptors (Lipinski definition) is 1. The molecule has 23 heavy (non-hydrogen) atoms. The van der Waals surface area contributed by atoms with Crippen molar-refractivity contribution in [1.29, 1.82) is 0 Å². The Morgan fingerprint density at radius 1 is 0.783 bits per heavy atom. The second kappa shape index (κ2) is 6.09. The molecule has 0 radical (unpaired) electrons. The highest BCUT2D eigenvalue weighted by molar-refractivity contribution is 6.88. The van der Waals surface area contributed by atoms with E-state index in [0.29, 0.717) is 5.69 Å². The van der Waals surface area contributed by atoms with Gasteiger partial charge in [0.05, 0.1) is 8.07 Å². The van der Waals surface area contributed by atoms with E-state index in [-0.39, 0.29) is 5.82 Å². The van der Waals surface area contributed by atoms with Crippen molar-refractivity contribution in [2.24, 2.45) is 0 Å². The SMILES string of the molecule is C[Si](C)(C)c1cnc(-c2ccc(-c3ccccc3)cc2)c(F)c1. The van der Waals surface area contributed by atoms with Crippen molar-refractivity contribution < 1.29 is 4.39 Å². The van der Waals surface area contributed by atoms with Crippen LogP contribution in [-0.4, -0.2) is 13.1 Å². The van der Waals surface area contributed by atoms with E-state index in [9.17, 15) is 4.39 Å². The van der Waals surface area contributed by atoms with Crippen LogP contribution >= 0.6 is 0 Å². The summed E-state index contributed by atoms with van der Waals surface area (Å²) in [4.78, 5) is 4.38. The second-order valence-corrected chi connectivity index (χ2v) is 11.8. The smallest absolute Gasteiger partial charge is 0.149 e. The third kappa shape index (κ3) is 3.40. The highest BCUT2D eigenvalue weighted by Crippen LogP contribution is 2.25. The monoisotopic (exact) mass is 321 g/mol. The van der Waals surface area contributed by atoms with Crippen molar-refractivity contribution in [1.82, 2.24) is 4.98 Å². The van der Waals surface area contributed by atoms with E-state index in [1.165, 1.54) is 0 Å². The summed E-state index contributed by atoms with van der Waals surface area (Å²) in [5.41, 5.74) is 3.51. The Bertz CT molecular complexity index is 805. The normalized spacial score (nSPS) is 11.5. The summed E-state index contributed by atoms with van der Waals surface area (Å²) < 4.78 is 14.4. The highest BCUT2D eigenvalue weighted by atomic mass is 28.3. The van der Waals surface area contributed by atoms with E-state index in [1.54, 1.807) is 6.07 Å². The summed E-state index contributed by atoms with van der Waals surface area (Å²) in [7, 11) is -1.54. The summed E-state index contributed by atoms with van der Waals surface area (Å²) in [5.74, 6) is -0.239. The van der Waals surface area contributed by atoms with Crippen molar-refractivity contribution in [3.05, 3.63) is 72.7 Å². The van der Waals surface area contributed by atoms with Crippen LogP contribution in [0.1, 0.15) is 0 Å². The molecule has 1 heterocycles. The van der Waals surface area contributed by atoms with Crippen LogP contribution in [0.2, 0.25) is 19.6 Å². The van der Waals surface area contributed by atoms with Gasteiger partial charge in [-0.1, -0.05) is 74.2 Å². The second-order valence-electron chi connectivity index (χ2n) is 6.75. The van der Waals surface area contributed by atoms with E-state index in [2.05, 4.69) is 36.8 Å². The number of halogens is 1. The third-order valence-corrected chi connectivity index (χ3v) is 5.98. The molecule has 1 nitrogen and oxygen atoms in total. The fourth-order valence-corrected chi connectivity index (χ4v) is 3.52. The molecule has 0 saturated heterocycles. The summed E-state index contributed by atoms with van der Waals surface area (Å²) >= 11 is 0. The van der Waals surface area contributed by atoms with Gasteiger partial charge in [0.2, 0.25) is 0 Å². The molecule has 0 fully saturated rings. The Labute approximate surface area is 137 Å². The van der Waals surface area contributed by atoms with E-state index in [0.717, 1.165) is 21.9 Å². The van der Waals surface area contributed by atoms with Crippen molar-refractivity contribution in [2.45, 2.75) is 19.6 Å². The van der Waals surface area contributed by atoms with Gasteiger partial charge < -0.3 is 0 Å². The van der Waals surface area contributed by atoms with E-state index in [1.807, 2.05) is 48.7 Å². The molecule has 0 aliphatic heterocycles. The van der Waals surface area contributed by atoms with Gasteiger partial charge in [-0.15, -0.1) is 0 Å². The number of pyridine rings is 1. The molecule has 0 aliphatic rings. The van der Waals surface area contributed by atoms with Crippen LogP contribution in [0.3, 0.4) is 0 Å². The first kappa shape index (κ1) is 15.6. The quantitative estimate of drug-likeness (QED) is 0.612. The predicted molar refractivity (Wildman–Crippen MR) is 98.0 cm³/mol. The van der Waals surface area contributed by atoms with E-state index < -0.39 is 8.07 Å². The zero-order chi connectivity index (χ0) is 16.4. The molecule has 0 spiro atoms. The first-order valence-corrected chi connectivity index (χ1v) is 11.3. The van der Waals surface area contributed by atoms with Crippen LogP contribution in [0.4, 0.5) is 4.39 Å². The van der Waals surface area contributed by atoms with Gasteiger partial charge in [-0.3, -0.25) is 4.98 Å². The van der Waals surface area contributed by atoms with Crippen molar-refractivity contribution >= 4 is 13.3 Å². The fraction of sp³-hybridized carbons (Fsp3) is 0.150. The standard InChI is InChI=1S/C20H20FNSi/c1-23(2,3)18-13-19(21)20(22-14-18)17-11-9-16(10-12-17)15-7-5-4-6-8-15/h4-14H,1-3H3. The summed E-state index contributed by atoms with van der Waals surface area (Å²) in [5, 5.41) is 1.04. The number of nitrogens with zero attached hydrogens (tertiary/aromatic N) is 1. The lowest BCUT2D eigenvalue weighted by molar-refractivity contribution is 0.627. The Kier molecular flexibility index (Phi) is 4.14. The minimum absolute atomic E-state index is 0.239. The predicted octanol–water partition coefficient (Wildman–Crippen LogP) is 5.10. The van der Waals surface area contributed by atoms with Crippen LogP contribution in [0.25, 0.3) is 22.4 Å². The minimum Gasteiger partial charge on any atom is -0.253 e. The van der Waals surface area contributed by atoms with Gasteiger partial charge in [-0.25, -0.2) is 4.39 Å². The molecule has 1 aromatic heterocycles. The van der Waals surface area contributed by atoms with Gasteiger partial charge in [-0.2, -0.15) is 0 Å². The molecule has 0 N–H and O–H groups in total. The number of hydrogen-bond donors (Lipinski definition) is 0. The largest absolute Gasteiger partial charge is 0.253 e. The van der Waals surface area contributed by atoms with E-state index >= 15 is 0 Å². The Hall–Kier alpha value is -2.26. The van der Waals surface area contributed by atoms with Gasteiger partial charge in [0, 0.05) is 11.8 Å². The average Bonchev–Trinajstić information content (AvgIpc) is 2.55. The maximum Gasteiger partial charge on any atom is 0.149 e. The minimum atomic E-state index is -1.54. The molecule has 0 amide bonds. The first-order chi connectivity index (χ1) is 10.9. The molecule has 0 saturated carbocycles. The lowest BCUT2D eigenvalue weighted by Crippen LogP contribution is -2.38. The Morgan fingerprint density at radius 2 is 1.35 bits per heavy atom. The summed E-state index contributed by atoms with van der Waals surface area (Å²) in [6.07, 6.45) is 1.83. The zero-order valence-electron chi connectivity index (χ0n) is 13.7. The molecular weight excluding hydrogens is 301 g/mol. The summed E-state index contributed by atoms with van der Waals surface area (Å²) in [6.45, 7) is 6.58. The molecule has 0 bridgehead atoms. The van der Waals surface area contributed by atoms with Gasteiger partial charge in [0.1, 0.15) is 11.5 Å². The maximum atomic E-state index is 14.4. The molecule has 2 aromatic carbocycles. The lowest BCUT2D eigenvalue weighted by Gasteiger charge is -2.16. The Morgan fingerprint density at radius 3 is 1.91 bits per heavy atom. The first-order valence-electron chi connectivity index (χ1n) is 7.77. The highest BCUT2D eigenvalue weighted by Gasteiger charge is 2.19. The number of rotatable bonds is 3. The molecule has 3 aromatic rings. The van der Waals surface area contributed by atoms with E-state index in [4.69, 9.17) is 0 Å². The molecular formula is C20H20FNSi. The van der Waals surface area contributed by atoms with Crippen LogP contribution in [-0.2, 0) is 0 Å². The fourth-order valence-electron chi connectivity index (χ4n) is 2.51. The molecule has 3 heteroatoms. The van der Waals surface area contributed by atoms with Crippen LogP contribution < -0.4 is 5.19 Å². The topological polar surface area (TPSA) is 12.9 Å².